The Labute approximate surface area is 103 Å². The molecule has 0 amide bonds. The lowest BCUT2D eigenvalue weighted by Crippen LogP contribution is -1.93. The second kappa shape index (κ2) is 4.76. The molecule has 2 heterocycles. The lowest BCUT2D eigenvalue weighted by molar-refractivity contribution is 0.897. The van der Waals surface area contributed by atoms with E-state index >= 15 is 0 Å². The van der Waals surface area contributed by atoms with E-state index in [1.165, 1.54) is 18.1 Å². The molecule has 0 aromatic carbocycles. The largest absolute Gasteiger partial charge is 0.229 e. The predicted octanol–water partition coefficient (Wildman–Crippen LogP) is 2.69. The molecule has 2 aromatic rings. The minimum absolute atomic E-state index is 0.418. The summed E-state index contributed by atoms with van der Waals surface area (Å²) in [7, 11) is 0. The van der Waals surface area contributed by atoms with Gasteiger partial charge in [-0.3, -0.25) is 0 Å². The number of aryl methyl sites for hydroxylation is 2. The fourth-order valence-electron chi connectivity index (χ4n) is 1.21. The third kappa shape index (κ3) is 2.90. The standard InChI is InChI=1S/C10H9ClN4S/c1-6-3-7(2)15-10(14-6)16-9-4-8(11)12-5-13-9/h3-5H,1-2H3. The first-order valence-corrected chi connectivity index (χ1v) is 5.80. The fourth-order valence-corrected chi connectivity index (χ4v) is 2.25. The minimum atomic E-state index is 0.418. The molecule has 2 rings (SSSR count). The van der Waals surface area contributed by atoms with Crippen LogP contribution in [0.2, 0.25) is 5.15 Å². The zero-order valence-corrected chi connectivity index (χ0v) is 10.4. The number of rotatable bonds is 2. The third-order valence-corrected chi connectivity index (χ3v) is 2.77. The molecular formula is C10H9ClN4S. The van der Waals surface area contributed by atoms with Crippen LogP contribution in [0.1, 0.15) is 11.4 Å². The number of hydrogen-bond acceptors (Lipinski definition) is 5. The Bertz CT molecular complexity index is 498. The van der Waals surface area contributed by atoms with Gasteiger partial charge in [0, 0.05) is 17.5 Å². The highest BCUT2D eigenvalue weighted by molar-refractivity contribution is 7.99. The molecule has 6 heteroatoms. The number of aromatic nitrogens is 4. The van der Waals surface area contributed by atoms with Gasteiger partial charge in [0.1, 0.15) is 16.5 Å². The van der Waals surface area contributed by atoms with Crippen molar-refractivity contribution in [3.05, 3.63) is 35.0 Å². The molecular weight excluding hydrogens is 244 g/mol. The molecule has 0 saturated carbocycles. The van der Waals surface area contributed by atoms with Crippen LogP contribution in [0, 0.1) is 13.8 Å². The third-order valence-electron chi connectivity index (χ3n) is 1.77. The normalized spacial score (nSPS) is 10.4. The lowest BCUT2D eigenvalue weighted by atomic mass is 10.4. The second-order valence-corrected chi connectivity index (χ2v) is 4.59. The molecule has 0 N–H and O–H groups in total. The average Bonchev–Trinajstić information content (AvgIpc) is 2.15. The Morgan fingerprint density at radius 3 is 2.38 bits per heavy atom. The van der Waals surface area contributed by atoms with Crippen molar-refractivity contribution in [2.75, 3.05) is 0 Å². The molecule has 0 radical (unpaired) electrons. The maximum Gasteiger partial charge on any atom is 0.194 e. The molecule has 0 unspecified atom stereocenters. The van der Waals surface area contributed by atoms with E-state index in [0.717, 1.165) is 16.4 Å². The van der Waals surface area contributed by atoms with Gasteiger partial charge in [-0.15, -0.1) is 0 Å². The van der Waals surface area contributed by atoms with Crippen molar-refractivity contribution in [3.8, 4) is 0 Å². The molecule has 16 heavy (non-hydrogen) atoms. The first kappa shape index (κ1) is 11.3. The van der Waals surface area contributed by atoms with E-state index in [2.05, 4.69) is 19.9 Å². The van der Waals surface area contributed by atoms with E-state index in [9.17, 15) is 0 Å². The molecule has 2 aromatic heterocycles. The van der Waals surface area contributed by atoms with Crippen molar-refractivity contribution in [2.45, 2.75) is 24.0 Å². The van der Waals surface area contributed by atoms with Crippen LogP contribution in [-0.4, -0.2) is 19.9 Å². The average molecular weight is 253 g/mol. The zero-order valence-electron chi connectivity index (χ0n) is 8.81. The summed E-state index contributed by atoms with van der Waals surface area (Å²) in [5.74, 6) is 0. The van der Waals surface area contributed by atoms with E-state index in [-0.39, 0.29) is 0 Å². The first-order chi connectivity index (χ1) is 7.63. The predicted molar refractivity (Wildman–Crippen MR) is 62.7 cm³/mol. The van der Waals surface area contributed by atoms with Crippen LogP contribution < -0.4 is 0 Å². The van der Waals surface area contributed by atoms with Gasteiger partial charge in [-0.1, -0.05) is 11.6 Å². The Morgan fingerprint density at radius 1 is 1.06 bits per heavy atom. The van der Waals surface area contributed by atoms with Crippen molar-refractivity contribution in [1.82, 2.24) is 19.9 Å². The SMILES string of the molecule is Cc1cc(C)nc(Sc2cc(Cl)ncn2)n1. The van der Waals surface area contributed by atoms with Gasteiger partial charge in [-0.2, -0.15) is 0 Å². The molecule has 82 valence electrons. The maximum absolute atomic E-state index is 5.77. The second-order valence-electron chi connectivity index (χ2n) is 3.21. The van der Waals surface area contributed by atoms with Gasteiger partial charge in [-0.05, 0) is 31.7 Å². The maximum atomic E-state index is 5.77. The smallest absolute Gasteiger partial charge is 0.194 e. The summed E-state index contributed by atoms with van der Waals surface area (Å²) in [6.07, 6.45) is 1.42. The van der Waals surface area contributed by atoms with Crippen molar-refractivity contribution in [2.24, 2.45) is 0 Å². The molecule has 0 aliphatic carbocycles. The Kier molecular flexibility index (Phi) is 3.36. The zero-order chi connectivity index (χ0) is 11.5. The molecule has 0 aliphatic heterocycles. The van der Waals surface area contributed by atoms with Crippen LogP contribution in [0.3, 0.4) is 0 Å². The topological polar surface area (TPSA) is 51.6 Å². The first-order valence-electron chi connectivity index (χ1n) is 4.61. The van der Waals surface area contributed by atoms with E-state index in [1.807, 2.05) is 19.9 Å². The Morgan fingerprint density at radius 2 is 1.75 bits per heavy atom. The van der Waals surface area contributed by atoms with Crippen LogP contribution in [0.5, 0.6) is 0 Å². The minimum Gasteiger partial charge on any atom is -0.229 e. The molecule has 0 fully saturated rings. The molecule has 0 saturated heterocycles. The van der Waals surface area contributed by atoms with Crippen LogP contribution in [0.4, 0.5) is 0 Å². The fraction of sp³-hybridized carbons (Fsp3) is 0.200. The van der Waals surface area contributed by atoms with Crippen molar-refractivity contribution >= 4 is 23.4 Å². The number of nitrogens with zero attached hydrogens (tertiary/aromatic N) is 4. The van der Waals surface area contributed by atoms with E-state index in [1.54, 1.807) is 6.07 Å². The summed E-state index contributed by atoms with van der Waals surface area (Å²) < 4.78 is 0. The van der Waals surface area contributed by atoms with Crippen LogP contribution >= 0.6 is 23.4 Å². The van der Waals surface area contributed by atoms with Gasteiger partial charge in [0.2, 0.25) is 0 Å². The van der Waals surface area contributed by atoms with Gasteiger partial charge < -0.3 is 0 Å². The number of halogens is 1. The monoisotopic (exact) mass is 252 g/mol. The Balaban J connectivity index is 2.27. The summed E-state index contributed by atoms with van der Waals surface area (Å²) in [6, 6.07) is 3.62. The van der Waals surface area contributed by atoms with Gasteiger partial charge in [0.15, 0.2) is 5.16 Å². The highest BCUT2D eigenvalue weighted by Crippen LogP contribution is 2.23. The van der Waals surface area contributed by atoms with Crippen LogP contribution in [0.25, 0.3) is 0 Å². The molecule has 0 bridgehead atoms. The highest BCUT2D eigenvalue weighted by atomic mass is 35.5. The van der Waals surface area contributed by atoms with Crippen LogP contribution in [-0.2, 0) is 0 Å². The lowest BCUT2D eigenvalue weighted by Gasteiger charge is -2.01. The van der Waals surface area contributed by atoms with Crippen molar-refractivity contribution in [1.29, 1.82) is 0 Å². The van der Waals surface area contributed by atoms with Gasteiger partial charge in [0.05, 0.1) is 0 Å². The summed E-state index contributed by atoms with van der Waals surface area (Å²) in [5, 5.41) is 1.83. The van der Waals surface area contributed by atoms with E-state index in [0.29, 0.717) is 10.3 Å². The van der Waals surface area contributed by atoms with Gasteiger partial charge >= 0.3 is 0 Å². The number of hydrogen-bond donors (Lipinski definition) is 0. The summed E-state index contributed by atoms with van der Waals surface area (Å²) >= 11 is 7.14. The van der Waals surface area contributed by atoms with E-state index in [4.69, 9.17) is 11.6 Å². The quantitative estimate of drug-likeness (QED) is 0.608. The summed E-state index contributed by atoms with van der Waals surface area (Å²) in [5.41, 5.74) is 1.88. The highest BCUT2D eigenvalue weighted by Gasteiger charge is 2.04. The van der Waals surface area contributed by atoms with Gasteiger partial charge in [-0.25, -0.2) is 19.9 Å². The summed E-state index contributed by atoms with van der Waals surface area (Å²) in [6.45, 7) is 3.87. The van der Waals surface area contributed by atoms with Gasteiger partial charge in [0.25, 0.3) is 0 Å². The molecule has 0 atom stereocenters. The Hall–Kier alpha value is -1.20. The molecule has 4 nitrogen and oxygen atoms in total. The molecule has 0 spiro atoms. The van der Waals surface area contributed by atoms with Crippen molar-refractivity contribution in [3.63, 3.8) is 0 Å². The summed E-state index contributed by atoms with van der Waals surface area (Å²) in [4.78, 5) is 16.5. The van der Waals surface area contributed by atoms with E-state index < -0.39 is 0 Å². The van der Waals surface area contributed by atoms with Crippen molar-refractivity contribution < 1.29 is 0 Å². The molecule has 0 aliphatic rings. The van der Waals surface area contributed by atoms with Crippen LogP contribution in [0.15, 0.2) is 28.6 Å².